The predicted molar refractivity (Wildman–Crippen MR) is 104 cm³/mol. The normalized spacial score (nSPS) is 11.2. The zero-order chi connectivity index (χ0) is 22.8. The standard InChI is InChI=1S/C20H16F4N4O3/c1-11(29)26-15-8-7-12(9-17(15)31-2)27-19(30)13-10-25-28(18(13)20(22,23)24)16-6-4-3-5-14(16)21/h3-10H,1-2H3,(H,26,29)(H,27,30). The highest BCUT2D eigenvalue weighted by Gasteiger charge is 2.41. The maximum Gasteiger partial charge on any atom is 0.434 e. The molecule has 31 heavy (non-hydrogen) atoms. The van der Waals surface area contributed by atoms with Crippen LogP contribution < -0.4 is 15.4 Å². The first-order chi connectivity index (χ1) is 14.6. The number of aromatic nitrogens is 2. The van der Waals surface area contributed by atoms with Gasteiger partial charge in [0.25, 0.3) is 5.91 Å². The highest BCUT2D eigenvalue weighted by atomic mass is 19.4. The molecule has 2 aromatic carbocycles. The molecular weight excluding hydrogens is 420 g/mol. The molecule has 7 nitrogen and oxygen atoms in total. The number of halogens is 4. The Balaban J connectivity index is 1.98. The lowest BCUT2D eigenvalue weighted by Crippen LogP contribution is -2.21. The SMILES string of the molecule is COc1cc(NC(=O)c2cnn(-c3ccccc3F)c2C(F)(F)F)ccc1NC(C)=O. The molecule has 0 atom stereocenters. The van der Waals surface area contributed by atoms with E-state index < -0.39 is 34.8 Å². The molecule has 0 saturated heterocycles. The topological polar surface area (TPSA) is 85.2 Å². The Morgan fingerprint density at radius 3 is 2.42 bits per heavy atom. The van der Waals surface area contributed by atoms with E-state index in [1.54, 1.807) is 0 Å². The number of para-hydroxylation sites is 1. The third kappa shape index (κ3) is 4.65. The van der Waals surface area contributed by atoms with Crippen LogP contribution in [0.15, 0.2) is 48.7 Å². The molecule has 0 radical (unpaired) electrons. The van der Waals surface area contributed by atoms with Crippen LogP contribution in [-0.4, -0.2) is 28.7 Å². The van der Waals surface area contributed by atoms with E-state index in [2.05, 4.69) is 15.7 Å². The maximum absolute atomic E-state index is 14.0. The van der Waals surface area contributed by atoms with Gasteiger partial charge in [-0.25, -0.2) is 9.07 Å². The molecule has 1 heterocycles. The summed E-state index contributed by atoms with van der Waals surface area (Å²) in [6, 6.07) is 8.90. The van der Waals surface area contributed by atoms with Crippen LogP contribution in [0.2, 0.25) is 0 Å². The minimum Gasteiger partial charge on any atom is -0.494 e. The number of nitrogens with zero attached hydrogens (tertiary/aromatic N) is 2. The van der Waals surface area contributed by atoms with Crippen LogP contribution in [0, 0.1) is 5.82 Å². The number of ether oxygens (including phenoxy) is 1. The number of methoxy groups -OCH3 is 1. The quantitative estimate of drug-likeness (QED) is 0.586. The van der Waals surface area contributed by atoms with Crippen LogP contribution in [0.4, 0.5) is 28.9 Å². The van der Waals surface area contributed by atoms with E-state index in [9.17, 15) is 27.2 Å². The summed E-state index contributed by atoms with van der Waals surface area (Å²) in [6.45, 7) is 1.29. The van der Waals surface area contributed by atoms with Crippen LogP contribution in [0.25, 0.3) is 5.69 Å². The van der Waals surface area contributed by atoms with Crippen molar-refractivity contribution in [3.05, 3.63) is 65.7 Å². The van der Waals surface area contributed by atoms with E-state index in [0.717, 1.165) is 12.1 Å². The van der Waals surface area contributed by atoms with Gasteiger partial charge in [0.2, 0.25) is 5.91 Å². The highest BCUT2D eigenvalue weighted by Crippen LogP contribution is 2.35. The van der Waals surface area contributed by atoms with Crippen molar-refractivity contribution in [2.75, 3.05) is 17.7 Å². The highest BCUT2D eigenvalue weighted by molar-refractivity contribution is 6.05. The Kier molecular flexibility index (Phi) is 5.95. The van der Waals surface area contributed by atoms with Gasteiger partial charge in [0.1, 0.15) is 17.3 Å². The van der Waals surface area contributed by atoms with Crippen molar-refractivity contribution in [2.45, 2.75) is 13.1 Å². The van der Waals surface area contributed by atoms with E-state index in [0.29, 0.717) is 16.6 Å². The summed E-state index contributed by atoms with van der Waals surface area (Å²) in [7, 11) is 1.33. The third-order valence-corrected chi connectivity index (χ3v) is 4.13. The first-order valence-corrected chi connectivity index (χ1v) is 8.79. The number of hydrogen-bond donors (Lipinski definition) is 2. The lowest BCUT2D eigenvalue weighted by Gasteiger charge is -2.14. The molecule has 2 N–H and O–H groups in total. The van der Waals surface area contributed by atoms with Crippen LogP contribution in [0.1, 0.15) is 23.0 Å². The fourth-order valence-corrected chi connectivity index (χ4v) is 2.85. The Hall–Kier alpha value is -3.89. The summed E-state index contributed by atoms with van der Waals surface area (Å²) in [6.07, 6.45) is -4.27. The first kappa shape index (κ1) is 21.8. The molecule has 0 saturated carbocycles. The van der Waals surface area contributed by atoms with Gasteiger partial charge in [0.15, 0.2) is 5.69 Å². The number of carbonyl (C=O) groups excluding carboxylic acids is 2. The van der Waals surface area contributed by atoms with E-state index >= 15 is 0 Å². The van der Waals surface area contributed by atoms with Gasteiger partial charge in [-0.3, -0.25) is 9.59 Å². The average molecular weight is 436 g/mol. The molecule has 0 aliphatic carbocycles. The van der Waals surface area contributed by atoms with E-state index in [-0.39, 0.29) is 17.3 Å². The summed E-state index contributed by atoms with van der Waals surface area (Å²) in [5.41, 5.74) is -2.23. The smallest absolute Gasteiger partial charge is 0.434 e. The summed E-state index contributed by atoms with van der Waals surface area (Å²) in [4.78, 5) is 23.8. The monoisotopic (exact) mass is 436 g/mol. The number of alkyl halides is 3. The first-order valence-electron chi connectivity index (χ1n) is 8.79. The minimum atomic E-state index is -4.99. The Bertz CT molecular complexity index is 1140. The molecule has 2 amide bonds. The average Bonchev–Trinajstić information content (AvgIpc) is 3.14. The number of anilines is 2. The third-order valence-electron chi connectivity index (χ3n) is 4.13. The van der Waals surface area contributed by atoms with Crippen LogP contribution in [0.5, 0.6) is 5.75 Å². The minimum absolute atomic E-state index is 0.114. The summed E-state index contributed by atoms with van der Waals surface area (Å²) >= 11 is 0. The molecule has 0 bridgehead atoms. The van der Waals surface area contributed by atoms with Crippen molar-refractivity contribution in [3.8, 4) is 11.4 Å². The molecule has 0 aliphatic rings. The largest absolute Gasteiger partial charge is 0.494 e. The summed E-state index contributed by atoms with van der Waals surface area (Å²) < 4.78 is 60.7. The molecule has 3 rings (SSSR count). The summed E-state index contributed by atoms with van der Waals surface area (Å²) in [5.74, 6) is -2.21. The van der Waals surface area contributed by atoms with Crippen LogP contribution >= 0.6 is 0 Å². The Morgan fingerprint density at radius 2 is 1.81 bits per heavy atom. The Morgan fingerprint density at radius 1 is 1.10 bits per heavy atom. The summed E-state index contributed by atoms with van der Waals surface area (Å²) in [5, 5.41) is 8.43. The van der Waals surface area contributed by atoms with Gasteiger partial charge in [0.05, 0.1) is 24.6 Å². The van der Waals surface area contributed by atoms with Crippen LogP contribution in [-0.2, 0) is 11.0 Å². The van der Waals surface area contributed by atoms with Gasteiger partial charge in [0, 0.05) is 18.7 Å². The predicted octanol–water partition coefficient (Wildman–Crippen LogP) is 4.25. The molecular formula is C20H16F4N4O3. The van der Waals surface area contributed by atoms with E-state index in [1.807, 2.05) is 0 Å². The molecule has 11 heteroatoms. The van der Waals surface area contributed by atoms with Crippen molar-refractivity contribution in [3.63, 3.8) is 0 Å². The van der Waals surface area contributed by atoms with Crippen molar-refractivity contribution >= 4 is 23.2 Å². The molecule has 0 fully saturated rings. The lowest BCUT2D eigenvalue weighted by atomic mass is 10.2. The second kappa shape index (κ2) is 8.46. The lowest BCUT2D eigenvalue weighted by molar-refractivity contribution is -0.143. The van der Waals surface area contributed by atoms with Crippen molar-refractivity contribution in [2.24, 2.45) is 0 Å². The van der Waals surface area contributed by atoms with E-state index in [4.69, 9.17) is 4.74 Å². The number of nitrogens with one attached hydrogen (secondary N) is 2. The molecule has 0 aliphatic heterocycles. The molecule has 3 aromatic rings. The molecule has 0 spiro atoms. The van der Waals surface area contributed by atoms with Gasteiger partial charge in [-0.2, -0.15) is 18.3 Å². The van der Waals surface area contributed by atoms with Gasteiger partial charge >= 0.3 is 6.18 Å². The number of rotatable bonds is 5. The number of hydrogen-bond acceptors (Lipinski definition) is 4. The van der Waals surface area contributed by atoms with Crippen molar-refractivity contribution < 1.29 is 31.9 Å². The van der Waals surface area contributed by atoms with Gasteiger partial charge in [-0.05, 0) is 24.3 Å². The Labute approximate surface area is 173 Å². The van der Waals surface area contributed by atoms with Gasteiger partial charge in [-0.1, -0.05) is 12.1 Å². The van der Waals surface area contributed by atoms with Gasteiger partial charge < -0.3 is 15.4 Å². The van der Waals surface area contributed by atoms with Crippen LogP contribution in [0.3, 0.4) is 0 Å². The molecule has 1 aromatic heterocycles. The van der Waals surface area contributed by atoms with Crippen molar-refractivity contribution in [1.29, 1.82) is 0 Å². The fourth-order valence-electron chi connectivity index (χ4n) is 2.85. The zero-order valence-electron chi connectivity index (χ0n) is 16.2. The zero-order valence-corrected chi connectivity index (χ0v) is 16.2. The fraction of sp³-hybridized carbons (Fsp3) is 0.150. The van der Waals surface area contributed by atoms with Crippen molar-refractivity contribution in [1.82, 2.24) is 9.78 Å². The maximum atomic E-state index is 14.0. The second-order valence-electron chi connectivity index (χ2n) is 6.32. The van der Waals surface area contributed by atoms with Gasteiger partial charge in [-0.15, -0.1) is 0 Å². The second-order valence-corrected chi connectivity index (χ2v) is 6.32. The van der Waals surface area contributed by atoms with E-state index in [1.165, 1.54) is 44.4 Å². The number of amides is 2. The number of benzene rings is 2. The molecule has 0 unspecified atom stereocenters. The number of carbonyl (C=O) groups is 2. The molecule has 162 valence electrons.